The molecule has 1 aliphatic rings. The summed E-state index contributed by atoms with van der Waals surface area (Å²) in [6.45, 7) is 1.57. The highest BCUT2D eigenvalue weighted by molar-refractivity contribution is 7.90. The van der Waals surface area contributed by atoms with Gasteiger partial charge in [-0.2, -0.15) is 17.5 Å². The molecule has 0 unspecified atom stereocenters. The molecule has 0 bridgehead atoms. The number of rotatable bonds is 4. The molecule has 20 heavy (non-hydrogen) atoms. The van der Waals surface area contributed by atoms with Gasteiger partial charge in [-0.15, -0.1) is 0 Å². The third-order valence-electron chi connectivity index (χ3n) is 2.76. The predicted molar refractivity (Wildman–Crippen MR) is 71.2 cm³/mol. The summed E-state index contributed by atoms with van der Waals surface area (Å²) < 4.78 is 60.6. The summed E-state index contributed by atoms with van der Waals surface area (Å²) in [6, 6.07) is 0. The van der Waals surface area contributed by atoms with Crippen molar-refractivity contribution in [3.63, 3.8) is 0 Å². The Morgan fingerprint density at radius 3 is 2.65 bits per heavy atom. The fraction of sp³-hybridized carbons (Fsp3) is 0.500. The van der Waals surface area contributed by atoms with Gasteiger partial charge in [-0.05, 0) is 24.5 Å². The monoisotopic (exact) mass is 310 g/mol. The van der Waals surface area contributed by atoms with Crippen LogP contribution in [0.25, 0.3) is 0 Å². The summed E-state index contributed by atoms with van der Waals surface area (Å²) in [7, 11) is -5.27. The van der Waals surface area contributed by atoms with Crippen LogP contribution in [-0.4, -0.2) is 37.9 Å². The standard InChI is InChI=1S/C12H17F3N2O2S/c1-2-4-10(8-16)7-11-5-3-6-17(9-11)20(18,19)12(13,14)15/h2,4-5,7H,3,6,8-9,16H2,1H3/b4-2-,10-7+. The summed E-state index contributed by atoms with van der Waals surface area (Å²) in [5.41, 5.74) is 1.49. The van der Waals surface area contributed by atoms with Gasteiger partial charge in [-0.25, -0.2) is 8.42 Å². The molecule has 2 N–H and O–H groups in total. The van der Waals surface area contributed by atoms with Crippen molar-refractivity contribution in [2.75, 3.05) is 19.6 Å². The fourth-order valence-corrected chi connectivity index (χ4v) is 2.78. The first-order chi connectivity index (χ1) is 9.22. The molecule has 0 amide bonds. The van der Waals surface area contributed by atoms with Crippen LogP contribution in [-0.2, 0) is 10.0 Å². The molecular formula is C12H17F3N2O2S. The van der Waals surface area contributed by atoms with Crippen molar-refractivity contribution in [2.45, 2.75) is 18.9 Å². The first-order valence-electron chi connectivity index (χ1n) is 6.01. The summed E-state index contributed by atoms with van der Waals surface area (Å²) >= 11 is 0. The molecule has 8 heteroatoms. The van der Waals surface area contributed by atoms with Crippen LogP contribution in [0.3, 0.4) is 0 Å². The first kappa shape index (κ1) is 16.9. The van der Waals surface area contributed by atoms with Gasteiger partial charge < -0.3 is 5.73 Å². The van der Waals surface area contributed by atoms with E-state index in [0.29, 0.717) is 9.88 Å². The second-order valence-electron chi connectivity index (χ2n) is 4.28. The van der Waals surface area contributed by atoms with Crippen molar-refractivity contribution in [2.24, 2.45) is 5.73 Å². The van der Waals surface area contributed by atoms with E-state index in [1.807, 2.05) is 0 Å². The van der Waals surface area contributed by atoms with Crippen LogP contribution in [0.1, 0.15) is 13.3 Å². The third kappa shape index (κ3) is 3.94. The SMILES string of the molecule is C/C=C\C(=C/C1=CCCN(S(=O)(=O)C(F)(F)F)C1)CN. The lowest BCUT2D eigenvalue weighted by Gasteiger charge is -2.26. The summed E-state index contributed by atoms with van der Waals surface area (Å²) in [5, 5.41) is 0. The minimum Gasteiger partial charge on any atom is -0.326 e. The van der Waals surface area contributed by atoms with E-state index in [0.717, 1.165) is 5.57 Å². The molecule has 0 aromatic rings. The number of hydrogen-bond acceptors (Lipinski definition) is 3. The topological polar surface area (TPSA) is 63.4 Å². The van der Waals surface area contributed by atoms with E-state index >= 15 is 0 Å². The summed E-state index contributed by atoms with van der Waals surface area (Å²) in [4.78, 5) is 0. The average Bonchev–Trinajstić information content (AvgIpc) is 2.37. The fourth-order valence-electron chi connectivity index (χ4n) is 1.82. The molecule has 0 atom stereocenters. The van der Waals surface area contributed by atoms with E-state index < -0.39 is 15.5 Å². The van der Waals surface area contributed by atoms with Crippen LogP contribution >= 0.6 is 0 Å². The van der Waals surface area contributed by atoms with Crippen molar-refractivity contribution in [1.82, 2.24) is 4.31 Å². The third-order valence-corrected chi connectivity index (χ3v) is 4.34. The summed E-state index contributed by atoms with van der Waals surface area (Å²) in [5.74, 6) is 0. The van der Waals surface area contributed by atoms with Gasteiger partial charge in [0.15, 0.2) is 0 Å². The maximum atomic E-state index is 12.5. The van der Waals surface area contributed by atoms with Crippen LogP contribution in [0, 0.1) is 0 Å². The number of nitrogens with zero attached hydrogens (tertiary/aromatic N) is 1. The highest BCUT2D eigenvalue weighted by atomic mass is 32.2. The predicted octanol–water partition coefficient (Wildman–Crippen LogP) is 1.93. The second kappa shape index (κ2) is 6.55. The van der Waals surface area contributed by atoms with E-state index in [1.54, 1.807) is 31.2 Å². The number of allylic oxidation sites excluding steroid dienone is 1. The lowest BCUT2D eigenvalue weighted by atomic mass is 10.1. The minimum absolute atomic E-state index is 0.166. The van der Waals surface area contributed by atoms with Crippen molar-refractivity contribution < 1.29 is 21.6 Å². The molecule has 0 saturated carbocycles. The lowest BCUT2D eigenvalue weighted by Crippen LogP contribution is -2.43. The van der Waals surface area contributed by atoms with Gasteiger partial charge in [0.05, 0.1) is 0 Å². The van der Waals surface area contributed by atoms with Gasteiger partial charge in [-0.3, -0.25) is 0 Å². The Bertz CT molecular complexity index is 533. The maximum Gasteiger partial charge on any atom is 0.511 e. The highest BCUT2D eigenvalue weighted by Gasteiger charge is 2.50. The van der Waals surface area contributed by atoms with Gasteiger partial charge in [0.1, 0.15) is 0 Å². The zero-order valence-electron chi connectivity index (χ0n) is 11.0. The smallest absolute Gasteiger partial charge is 0.326 e. The number of halogens is 3. The van der Waals surface area contributed by atoms with Crippen LogP contribution in [0.5, 0.6) is 0 Å². The zero-order chi connectivity index (χ0) is 15.4. The Morgan fingerprint density at radius 2 is 2.15 bits per heavy atom. The minimum atomic E-state index is -5.27. The Morgan fingerprint density at radius 1 is 1.50 bits per heavy atom. The molecule has 4 nitrogen and oxygen atoms in total. The van der Waals surface area contributed by atoms with Crippen molar-refractivity contribution in [3.8, 4) is 0 Å². The molecule has 0 aromatic heterocycles. The molecule has 114 valence electrons. The van der Waals surface area contributed by atoms with Gasteiger partial charge in [-0.1, -0.05) is 24.3 Å². The highest BCUT2D eigenvalue weighted by Crippen LogP contribution is 2.29. The van der Waals surface area contributed by atoms with E-state index in [1.165, 1.54) is 0 Å². The van der Waals surface area contributed by atoms with Gasteiger partial charge in [0.2, 0.25) is 0 Å². The molecule has 0 spiro atoms. The molecule has 1 rings (SSSR count). The first-order valence-corrected chi connectivity index (χ1v) is 7.45. The zero-order valence-corrected chi connectivity index (χ0v) is 11.8. The maximum absolute atomic E-state index is 12.5. The summed E-state index contributed by atoms with van der Waals surface area (Å²) in [6.07, 6.45) is 7.08. The van der Waals surface area contributed by atoms with E-state index in [-0.39, 0.29) is 26.1 Å². The molecule has 0 saturated heterocycles. The van der Waals surface area contributed by atoms with E-state index in [4.69, 9.17) is 5.73 Å². The molecule has 1 aliphatic heterocycles. The largest absolute Gasteiger partial charge is 0.511 e. The number of hydrogen-bond donors (Lipinski definition) is 1. The van der Waals surface area contributed by atoms with E-state index in [2.05, 4.69) is 0 Å². The van der Waals surface area contributed by atoms with E-state index in [9.17, 15) is 21.6 Å². The van der Waals surface area contributed by atoms with Crippen LogP contribution in [0.2, 0.25) is 0 Å². The number of sulfonamides is 1. The Balaban J connectivity index is 2.95. The number of nitrogens with two attached hydrogens (primary N) is 1. The van der Waals surface area contributed by atoms with Gasteiger partial charge >= 0.3 is 15.5 Å². The molecule has 0 fully saturated rings. The molecule has 1 heterocycles. The Kier molecular flexibility index (Phi) is 5.55. The molecule has 0 aliphatic carbocycles. The van der Waals surface area contributed by atoms with Gasteiger partial charge in [0, 0.05) is 19.6 Å². The molecule has 0 aromatic carbocycles. The van der Waals surface area contributed by atoms with Crippen LogP contribution in [0.15, 0.2) is 35.5 Å². The lowest BCUT2D eigenvalue weighted by molar-refractivity contribution is -0.0487. The Hall–Kier alpha value is -1.12. The molecule has 0 radical (unpaired) electrons. The normalized spacial score (nSPS) is 19.4. The second-order valence-corrected chi connectivity index (χ2v) is 6.20. The van der Waals surface area contributed by atoms with Crippen molar-refractivity contribution in [3.05, 3.63) is 35.5 Å². The van der Waals surface area contributed by atoms with Crippen LogP contribution in [0.4, 0.5) is 13.2 Å². The van der Waals surface area contributed by atoms with Crippen molar-refractivity contribution >= 4 is 10.0 Å². The van der Waals surface area contributed by atoms with Crippen LogP contribution < -0.4 is 5.73 Å². The average molecular weight is 310 g/mol. The molecular weight excluding hydrogens is 293 g/mol. The van der Waals surface area contributed by atoms with Crippen molar-refractivity contribution in [1.29, 1.82) is 0 Å². The Labute approximate surface area is 116 Å². The van der Waals surface area contributed by atoms with Gasteiger partial charge in [0.25, 0.3) is 0 Å². The number of alkyl halides is 3. The quantitative estimate of drug-likeness (QED) is 0.807.